The number of amides is 1. The SMILES string of the molecule is CCCc1nc(C(=O)Nc2cnns2)n[nH]1. The van der Waals surface area contributed by atoms with Gasteiger partial charge in [0.15, 0.2) is 0 Å². The predicted octanol–water partition coefficient (Wildman–Crippen LogP) is 0.861. The van der Waals surface area contributed by atoms with Crippen LogP contribution in [0.5, 0.6) is 0 Å². The molecule has 2 rings (SSSR count). The molecule has 0 aliphatic rings. The molecule has 2 N–H and O–H groups in total. The number of nitrogens with one attached hydrogen (secondary N) is 2. The van der Waals surface area contributed by atoms with Gasteiger partial charge in [-0.3, -0.25) is 9.89 Å². The Labute approximate surface area is 95.5 Å². The summed E-state index contributed by atoms with van der Waals surface area (Å²) >= 11 is 1.10. The maximum atomic E-state index is 11.6. The first-order chi connectivity index (χ1) is 7.79. The van der Waals surface area contributed by atoms with Gasteiger partial charge in [-0.05, 0) is 6.42 Å². The van der Waals surface area contributed by atoms with E-state index in [1.807, 2.05) is 6.92 Å². The fraction of sp³-hybridized carbons (Fsp3) is 0.375. The number of H-pyrrole nitrogens is 1. The Morgan fingerprint density at radius 1 is 1.62 bits per heavy atom. The van der Waals surface area contributed by atoms with Crippen LogP contribution < -0.4 is 5.32 Å². The van der Waals surface area contributed by atoms with Crippen LogP contribution in [0.3, 0.4) is 0 Å². The number of hydrogen-bond donors (Lipinski definition) is 2. The van der Waals surface area contributed by atoms with Crippen LogP contribution >= 0.6 is 11.5 Å². The fourth-order valence-electron chi connectivity index (χ4n) is 1.14. The van der Waals surface area contributed by atoms with E-state index in [9.17, 15) is 4.79 Å². The highest BCUT2D eigenvalue weighted by atomic mass is 32.1. The molecule has 2 aromatic heterocycles. The minimum Gasteiger partial charge on any atom is -0.308 e. The Balaban J connectivity index is 2.03. The summed E-state index contributed by atoms with van der Waals surface area (Å²) in [6.45, 7) is 2.03. The van der Waals surface area contributed by atoms with Gasteiger partial charge in [0, 0.05) is 18.0 Å². The van der Waals surface area contributed by atoms with Gasteiger partial charge in [-0.1, -0.05) is 11.4 Å². The Morgan fingerprint density at radius 3 is 3.19 bits per heavy atom. The molecule has 0 aromatic carbocycles. The van der Waals surface area contributed by atoms with Gasteiger partial charge in [0.05, 0.1) is 6.20 Å². The van der Waals surface area contributed by atoms with E-state index in [1.54, 1.807) is 0 Å². The van der Waals surface area contributed by atoms with Gasteiger partial charge in [0.1, 0.15) is 10.8 Å². The van der Waals surface area contributed by atoms with Crippen LogP contribution in [-0.4, -0.2) is 30.7 Å². The molecule has 8 heteroatoms. The van der Waals surface area contributed by atoms with Crippen molar-refractivity contribution in [3.8, 4) is 0 Å². The average Bonchev–Trinajstić information content (AvgIpc) is 2.89. The molecular formula is C8H10N6OS. The van der Waals surface area contributed by atoms with E-state index in [1.165, 1.54) is 6.20 Å². The zero-order chi connectivity index (χ0) is 11.4. The van der Waals surface area contributed by atoms with E-state index in [-0.39, 0.29) is 11.7 Å². The van der Waals surface area contributed by atoms with Crippen molar-refractivity contribution in [1.82, 2.24) is 24.8 Å². The minimum absolute atomic E-state index is 0.136. The first kappa shape index (κ1) is 10.7. The van der Waals surface area contributed by atoms with Crippen molar-refractivity contribution in [3.63, 3.8) is 0 Å². The second kappa shape index (κ2) is 4.79. The van der Waals surface area contributed by atoms with Crippen molar-refractivity contribution in [1.29, 1.82) is 0 Å². The number of hydrogen-bond acceptors (Lipinski definition) is 6. The van der Waals surface area contributed by atoms with E-state index in [2.05, 4.69) is 30.1 Å². The van der Waals surface area contributed by atoms with Gasteiger partial charge in [-0.15, -0.1) is 10.2 Å². The number of rotatable bonds is 4. The lowest BCUT2D eigenvalue weighted by Gasteiger charge is -1.94. The highest BCUT2D eigenvalue weighted by Gasteiger charge is 2.13. The van der Waals surface area contributed by atoms with Crippen LogP contribution in [0.1, 0.15) is 29.8 Å². The molecule has 84 valence electrons. The van der Waals surface area contributed by atoms with E-state index >= 15 is 0 Å². The second-order valence-corrected chi connectivity index (χ2v) is 3.88. The molecule has 0 unspecified atom stereocenters. The minimum atomic E-state index is -0.357. The number of aryl methyl sites for hydroxylation is 1. The number of aromatic nitrogens is 5. The number of aromatic amines is 1. The van der Waals surface area contributed by atoms with Gasteiger partial charge >= 0.3 is 0 Å². The largest absolute Gasteiger partial charge is 0.308 e. The molecule has 2 aromatic rings. The zero-order valence-electron chi connectivity index (χ0n) is 8.60. The third-order valence-electron chi connectivity index (χ3n) is 1.82. The molecule has 0 fully saturated rings. The van der Waals surface area contributed by atoms with Crippen LogP contribution in [0.15, 0.2) is 6.20 Å². The monoisotopic (exact) mass is 238 g/mol. The predicted molar refractivity (Wildman–Crippen MR) is 58.2 cm³/mol. The molecule has 2 heterocycles. The van der Waals surface area contributed by atoms with Crippen molar-refractivity contribution < 1.29 is 4.79 Å². The summed E-state index contributed by atoms with van der Waals surface area (Å²) in [6.07, 6.45) is 3.21. The van der Waals surface area contributed by atoms with E-state index in [4.69, 9.17) is 0 Å². The maximum absolute atomic E-state index is 11.6. The van der Waals surface area contributed by atoms with Gasteiger partial charge in [-0.25, -0.2) is 4.98 Å². The number of nitrogens with zero attached hydrogens (tertiary/aromatic N) is 4. The topological polar surface area (TPSA) is 96.5 Å². The van der Waals surface area contributed by atoms with Crippen LogP contribution in [0.25, 0.3) is 0 Å². The highest BCUT2D eigenvalue weighted by molar-refractivity contribution is 7.10. The molecule has 0 spiro atoms. The Bertz CT molecular complexity index is 465. The summed E-state index contributed by atoms with van der Waals surface area (Å²) in [5, 5.41) is 13.3. The third-order valence-corrected chi connectivity index (χ3v) is 2.40. The Morgan fingerprint density at radius 2 is 2.50 bits per heavy atom. The Hall–Kier alpha value is -1.83. The molecule has 16 heavy (non-hydrogen) atoms. The molecule has 0 saturated carbocycles. The molecule has 0 aliphatic heterocycles. The van der Waals surface area contributed by atoms with E-state index in [0.717, 1.165) is 30.2 Å². The van der Waals surface area contributed by atoms with E-state index < -0.39 is 0 Å². The molecule has 0 atom stereocenters. The molecular weight excluding hydrogens is 228 g/mol. The lowest BCUT2D eigenvalue weighted by molar-refractivity contribution is 0.101. The van der Waals surface area contributed by atoms with Gasteiger partial charge in [0.2, 0.25) is 5.82 Å². The standard InChI is InChI=1S/C8H10N6OS/c1-2-3-5-10-7(13-12-5)8(15)11-6-4-9-14-16-6/h4H,2-3H2,1H3,(H,11,15)(H,10,12,13). The van der Waals surface area contributed by atoms with Crippen molar-refractivity contribution in [2.24, 2.45) is 0 Å². The molecule has 0 aliphatic carbocycles. The first-order valence-electron chi connectivity index (χ1n) is 4.79. The summed E-state index contributed by atoms with van der Waals surface area (Å²) in [7, 11) is 0. The van der Waals surface area contributed by atoms with Crippen molar-refractivity contribution in [2.75, 3.05) is 5.32 Å². The Kier molecular flexibility index (Phi) is 3.20. The fourth-order valence-corrected chi connectivity index (χ4v) is 1.55. The summed E-state index contributed by atoms with van der Waals surface area (Å²) < 4.78 is 3.63. The summed E-state index contributed by atoms with van der Waals surface area (Å²) in [5.41, 5.74) is 0. The highest BCUT2D eigenvalue weighted by Crippen LogP contribution is 2.10. The van der Waals surface area contributed by atoms with Crippen LogP contribution in [-0.2, 0) is 6.42 Å². The third kappa shape index (κ3) is 2.40. The van der Waals surface area contributed by atoms with Crippen molar-refractivity contribution >= 4 is 22.4 Å². The second-order valence-electron chi connectivity index (χ2n) is 3.09. The molecule has 1 amide bonds. The lowest BCUT2D eigenvalue weighted by atomic mass is 10.3. The number of anilines is 1. The quantitative estimate of drug-likeness (QED) is 0.823. The summed E-state index contributed by atoms with van der Waals surface area (Å²) in [4.78, 5) is 15.7. The first-order valence-corrected chi connectivity index (χ1v) is 5.57. The van der Waals surface area contributed by atoms with Crippen LogP contribution in [0, 0.1) is 0 Å². The zero-order valence-corrected chi connectivity index (χ0v) is 9.41. The van der Waals surface area contributed by atoms with Gasteiger partial charge in [-0.2, -0.15) is 0 Å². The molecule has 0 saturated heterocycles. The summed E-state index contributed by atoms with van der Waals surface area (Å²) in [5.74, 6) is 0.497. The normalized spacial score (nSPS) is 10.3. The van der Waals surface area contributed by atoms with Crippen LogP contribution in [0.4, 0.5) is 5.00 Å². The molecule has 0 radical (unpaired) electrons. The molecule has 0 bridgehead atoms. The van der Waals surface area contributed by atoms with Crippen LogP contribution in [0.2, 0.25) is 0 Å². The number of carbonyl (C=O) groups is 1. The van der Waals surface area contributed by atoms with E-state index in [0.29, 0.717) is 5.00 Å². The van der Waals surface area contributed by atoms with Crippen molar-refractivity contribution in [3.05, 3.63) is 17.8 Å². The smallest absolute Gasteiger partial charge is 0.296 e. The average molecular weight is 238 g/mol. The number of carbonyl (C=O) groups excluding carboxylic acids is 1. The molecule has 7 nitrogen and oxygen atoms in total. The summed E-state index contributed by atoms with van der Waals surface area (Å²) in [6, 6.07) is 0. The maximum Gasteiger partial charge on any atom is 0.296 e. The van der Waals surface area contributed by atoms with Crippen molar-refractivity contribution in [2.45, 2.75) is 19.8 Å². The van der Waals surface area contributed by atoms with Gasteiger partial charge < -0.3 is 5.32 Å². The van der Waals surface area contributed by atoms with Gasteiger partial charge in [0.25, 0.3) is 5.91 Å². The lowest BCUT2D eigenvalue weighted by Crippen LogP contribution is -2.12.